The van der Waals surface area contributed by atoms with Gasteiger partial charge in [-0.1, -0.05) is 36.4 Å². The van der Waals surface area contributed by atoms with Gasteiger partial charge in [0.05, 0.1) is 29.8 Å². The van der Waals surface area contributed by atoms with Gasteiger partial charge in [-0.05, 0) is 24.3 Å². The lowest BCUT2D eigenvalue weighted by atomic mass is 10.2. The van der Waals surface area contributed by atoms with Crippen LogP contribution in [0.3, 0.4) is 0 Å². The molecule has 4 aromatic rings. The van der Waals surface area contributed by atoms with E-state index in [-0.39, 0.29) is 5.95 Å². The van der Waals surface area contributed by atoms with Gasteiger partial charge < -0.3 is 15.8 Å². The first-order chi connectivity index (χ1) is 14.2. The van der Waals surface area contributed by atoms with E-state index in [2.05, 4.69) is 32.4 Å². The normalized spacial score (nSPS) is 10.8. The molecule has 2 aromatic carbocycles. The van der Waals surface area contributed by atoms with Crippen molar-refractivity contribution in [3.05, 3.63) is 72.2 Å². The number of benzene rings is 2. The Morgan fingerprint density at radius 2 is 1.72 bits per heavy atom. The van der Waals surface area contributed by atoms with Gasteiger partial charge in [-0.2, -0.15) is 15.0 Å². The van der Waals surface area contributed by atoms with Crippen LogP contribution < -0.4 is 15.8 Å². The minimum Gasteiger partial charge on any atom is -0.495 e. The van der Waals surface area contributed by atoms with Crippen LogP contribution in [0.15, 0.2) is 60.7 Å². The summed E-state index contributed by atoms with van der Waals surface area (Å²) in [4.78, 5) is 17.6. The van der Waals surface area contributed by atoms with Crippen LogP contribution in [-0.4, -0.2) is 27.0 Å². The molecule has 0 radical (unpaired) electrons. The van der Waals surface area contributed by atoms with Crippen molar-refractivity contribution < 1.29 is 4.74 Å². The van der Waals surface area contributed by atoms with Crippen LogP contribution >= 0.6 is 11.8 Å². The van der Waals surface area contributed by atoms with Crippen molar-refractivity contribution in [1.29, 1.82) is 0 Å². The summed E-state index contributed by atoms with van der Waals surface area (Å²) in [5, 5.41) is 4.28. The first-order valence-electron chi connectivity index (χ1n) is 9.04. The van der Waals surface area contributed by atoms with E-state index in [1.807, 2.05) is 48.5 Å². The smallest absolute Gasteiger partial charge is 0.232 e. The third kappa shape index (κ3) is 4.72. The van der Waals surface area contributed by atoms with E-state index in [9.17, 15) is 0 Å². The van der Waals surface area contributed by atoms with Crippen LogP contribution in [0, 0.1) is 0 Å². The number of hydrogen-bond acceptors (Lipinski definition) is 8. The maximum Gasteiger partial charge on any atom is 0.232 e. The number of pyridine rings is 1. The molecule has 0 aliphatic heterocycles. The maximum absolute atomic E-state index is 5.87. The van der Waals surface area contributed by atoms with Crippen LogP contribution in [0.2, 0.25) is 0 Å². The molecule has 2 heterocycles. The summed E-state index contributed by atoms with van der Waals surface area (Å²) in [6, 6.07) is 19.8. The number of aromatic nitrogens is 4. The monoisotopic (exact) mass is 404 g/mol. The highest BCUT2D eigenvalue weighted by Gasteiger charge is 2.08. The number of rotatable bonds is 7. The Hall–Kier alpha value is -3.39. The van der Waals surface area contributed by atoms with Gasteiger partial charge in [-0.25, -0.2) is 0 Å². The Kier molecular flexibility index (Phi) is 5.71. The Morgan fingerprint density at radius 3 is 2.62 bits per heavy atom. The van der Waals surface area contributed by atoms with Crippen LogP contribution in [0.4, 0.5) is 17.6 Å². The number of nitrogen functional groups attached to an aromatic ring is 1. The van der Waals surface area contributed by atoms with Crippen LogP contribution in [0.25, 0.3) is 10.9 Å². The van der Waals surface area contributed by atoms with Gasteiger partial charge >= 0.3 is 0 Å². The Balaban J connectivity index is 1.43. The average Bonchev–Trinajstić information content (AvgIpc) is 2.74. The number of ether oxygens (including phenoxy) is 1. The molecule has 3 N–H and O–H groups in total. The summed E-state index contributed by atoms with van der Waals surface area (Å²) in [5.74, 6) is 3.23. The van der Waals surface area contributed by atoms with Crippen LogP contribution in [0.1, 0.15) is 11.5 Å². The van der Waals surface area contributed by atoms with Crippen molar-refractivity contribution in [2.75, 3.05) is 18.2 Å². The molecular formula is C21H20N6OS. The highest BCUT2D eigenvalue weighted by atomic mass is 32.2. The zero-order valence-electron chi connectivity index (χ0n) is 15.9. The largest absolute Gasteiger partial charge is 0.495 e. The number of para-hydroxylation sites is 3. The fourth-order valence-electron chi connectivity index (χ4n) is 2.86. The summed E-state index contributed by atoms with van der Waals surface area (Å²) >= 11 is 1.68. The molecule has 0 amide bonds. The van der Waals surface area contributed by atoms with E-state index >= 15 is 0 Å². The number of fused-ring (bicyclic) bond motifs is 1. The molecule has 0 saturated heterocycles. The summed E-state index contributed by atoms with van der Waals surface area (Å²) in [6.45, 7) is 0. The van der Waals surface area contributed by atoms with Crippen molar-refractivity contribution in [3.63, 3.8) is 0 Å². The number of anilines is 3. The quantitative estimate of drug-likeness (QED) is 0.473. The molecule has 0 saturated carbocycles. The number of methoxy groups -OCH3 is 1. The zero-order valence-corrected chi connectivity index (χ0v) is 16.7. The molecule has 0 bridgehead atoms. The number of nitrogens with zero attached hydrogens (tertiary/aromatic N) is 4. The third-order valence-electron chi connectivity index (χ3n) is 4.19. The zero-order chi connectivity index (χ0) is 20.1. The number of nitrogens with two attached hydrogens (primary N) is 1. The molecule has 0 fully saturated rings. The maximum atomic E-state index is 5.87. The van der Waals surface area contributed by atoms with E-state index in [0.29, 0.717) is 23.3 Å². The predicted octanol–water partition coefficient (Wildman–Crippen LogP) is 4.19. The molecular weight excluding hydrogens is 384 g/mol. The Bertz CT molecular complexity index is 1140. The molecule has 0 unspecified atom stereocenters. The van der Waals surface area contributed by atoms with Crippen LogP contribution in [-0.2, 0) is 11.5 Å². The van der Waals surface area contributed by atoms with Gasteiger partial charge in [0, 0.05) is 11.1 Å². The van der Waals surface area contributed by atoms with Crippen molar-refractivity contribution in [2.24, 2.45) is 0 Å². The minimum atomic E-state index is 0.178. The molecule has 146 valence electrons. The van der Waals surface area contributed by atoms with Gasteiger partial charge in [0.15, 0.2) is 0 Å². The molecule has 29 heavy (non-hydrogen) atoms. The van der Waals surface area contributed by atoms with Gasteiger partial charge in [0.1, 0.15) is 11.6 Å². The first-order valence-corrected chi connectivity index (χ1v) is 10.2. The molecule has 0 aliphatic rings. The van der Waals surface area contributed by atoms with E-state index in [1.165, 1.54) is 0 Å². The molecule has 0 aliphatic carbocycles. The molecule has 4 rings (SSSR count). The standard InChI is InChI=1S/C21H20N6OS/c1-28-18-9-5-4-8-17(18)24-21-26-19(25-20(22)27-21)13-29-12-15-11-10-14-6-2-3-7-16(14)23-15/h2-11H,12-13H2,1H3,(H3,22,24,25,26,27). The van der Waals surface area contributed by atoms with E-state index in [1.54, 1.807) is 18.9 Å². The molecule has 0 atom stereocenters. The first kappa shape index (κ1) is 18.9. The lowest BCUT2D eigenvalue weighted by Gasteiger charge is -2.10. The topological polar surface area (TPSA) is 98.8 Å². The molecule has 7 nitrogen and oxygen atoms in total. The van der Waals surface area contributed by atoms with Gasteiger partial charge in [-0.3, -0.25) is 4.98 Å². The fraction of sp³-hybridized carbons (Fsp3) is 0.143. The van der Waals surface area contributed by atoms with Crippen molar-refractivity contribution >= 4 is 40.2 Å². The van der Waals surface area contributed by atoms with Crippen molar-refractivity contribution in [1.82, 2.24) is 19.9 Å². The second kappa shape index (κ2) is 8.74. The number of thioether (sulfide) groups is 1. The highest BCUT2D eigenvalue weighted by molar-refractivity contribution is 7.97. The van der Waals surface area contributed by atoms with E-state index < -0.39 is 0 Å². The molecule has 0 spiro atoms. The Morgan fingerprint density at radius 1 is 0.897 bits per heavy atom. The lowest BCUT2D eigenvalue weighted by Crippen LogP contribution is -2.07. The van der Waals surface area contributed by atoms with Crippen molar-refractivity contribution in [3.8, 4) is 5.75 Å². The van der Waals surface area contributed by atoms with Gasteiger partial charge in [-0.15, -0.1) is 11.8 Å². The molecule has 2 aromatic heterocycles. The number of nitrogens with one attached hydrogen (secondary N) is 1. The predicted molar refractivity (Wildman–Crippen MR) is 117 cm³/mol. The van der Waals surface area contributed by atoms with Gasteiger partial charge in [0.2, 0.25) is 11.9 Å². The summed E-state index contributed by atoms with van der Waals surface area (Å²) < 4.78 is 5.35. The summed E-state index contributed by atoms with van der Waals surface area (Å²) in [5.41, 5.74) is 8.65. The minimum absolute atomic E-state index is 0.178. The van der Waals surface area contributed by atoms with Gasteiger partial charge in [0.25, 0.3) is 0 Å². The summed E-state index contributed by atoms with van der Waals surface area (Å²) in [6.07, 6.45) is 0. The fourth-order valence-corrected chi connectivity index (χ4v) is 3.65. The van der Waals surface area contributed by atoms with Crippen molar-refractivity contribution in [2.45, 2.75) is 11.5 Å². The average molecular weight is 404 g/mol. The summed E-state index contributed by atoms with van der Waals surface area (Å²) in [7, 11) is 1.62. The Labute approximate surface area is 172 Å². The van der Waals surface area contributed by atoms with E-state index in [0.717, 1.165) is 28.0 Å². The second-order valence-electron chi connectivity index (χ2n) is 6.25. The highest BCUT2D eigenvalue weighted by Crippen LogP contribution is 2.26. The SMILES string of the molecule is COc1ccccc1Nc1nc(N)nc(CSCc2ccc3ccccc3n2)n1. The van der Waals surface area contributed by atoms with E-state index in [4.69, 9.17) is 15.5 Å². The number of hydrogen-bond donors (Lipinski definition) is 2. The molecule has 8 heteroatoms. The lowest BCUT2D eigenvalue weighted by molar-refractivity contribution is 0.417. The third-order valence-corrected chi connectivity index (χ3v) is 5.15. The van der Waals surface area contributed by atoms with Crippen LogP contribution in [0.5, 0.6) is 5.75 Å². The second-order valence-corrected chi connectivity index (χ2v) is 7.23.